The van der Waals surface area contributed by atoms with Gasteiger partial charge in [0.15, 0.2) is 0 Å². The molecule has 2 heterocycles. The Balaban J connectivity index is 0.00000341. The van der Waals surface area contributed by atoms with Gasteiger partial charge in [0, 0.05) is 34.3 Å². The number of ether oxygens (including phenoxy) is 1. The summed E-state index contributed by atoms with van der Waals surface area (Å²) in [6.45, 7) is 4.96. The number of anilines is 1. The van der Waals surface area contributed by atoms with Gasteiger partial charge in [-0.2, -0.15) is 0 Å². The maximum Gasteiger partial charge on any atom is 0.341 e. The number of carbonyl (C=O) groups is 2. The number of nitrogens with one attached hydrogen (secondary N) is 1. The first kappa shape index (κ1) is 26.0. The van der Waals surface area contributed by atoms with Crippen LogP contribution in [0.3, 0.4) is 0 Å². The molecule has 1 N–H and O–H groups in total. The van der Waals surface area contributed by atoms with Crippen LogP contribution in [0.15, 0.2) is 29.2 Å². The third-order valence-corrected chi connectivity index (χ3v) is 7.43. The summed E-state index contributed by atoms with van der Waals surface area (Å²) in [6.07, 6.45) is 3.07. The first-order chi connectivity index (χ1) is 14.5. The van der Waals surface area contributed by atoms with Crippen LogP contribution in [0, 0.1) is 0 Å². The Labute approximate surface area is 203 Å². The van der Waals surface area contributed by atoms with E-state index in [-0.39, 0.29) is 24.3 Å². The fraction of sp³-hybridized carbons (Fsp3) is 0.455. The van der Waals surface area contributed by atoms with Gasteiger partial charge in [-0.25, -0.2) is 4.79 Å². The third-order valence-electron chi connectivity index (χ3n) is 4.95. The molecule has 0 unspecified atom stereocenters. The summed E-state index contributed by atoms with van der Waals surface area (Å²) < 4.78 is 5.00. The molecule has 1 aromatic carbocycles. The van der Waals surface area contributed by atoms with Crippen LogP contribution in [0.25, 0.3) is 0 Å². The molecule has 31 heavy (non-hydrogen) atoms. The summed E-state index contributed by atoms with van der Waals surface area (Å²) in [5.74, 6) is 0.400. The van der Waals surface area contributed by atoms with E-state index in [1.54, 1.807) is 11.8 Å². The molecule has 0 saturated heterocycles. The minimum Gasteiger partial charge on any atom is -0.465 e. The Bertz CT molecular complexity index is 888. The fourth-order valence-corrected chi connectivity index (χ4v) is 5.79. The van der Waals surface area contributed by atoms with Crippen LogP contribution < -0.4 is 5.32 Å². The van der Waals surface area contributed by atoms with E-state index >= 15 is 0 Å². The highest BCUT2D eigenvalue weighted by Crippen LogP contribution is 2.37. The summed E-state index contributed by atoms with van der Waals surface area (Å²) in [4.78, 5) is 29.6. The number of carbonyl (C=O) groups excluding carboxylic acids is 2. The van der Waals surface area contributed by atoms with Gasteiger partial charge in [-0.05, 0) is 61.4 Å². The molecule has 9 heteroatoms. The van der Waals surface area contributed by atoms with Gasteiger partial charge in [-0.1, -0.05) is 18.5 Å². The van der Waals surface area contributed by atoms with Crippen LogP contribution in [0.4, 0.5) is 5.00 Å². The number of halogens is 2. The lowest BCUT2D eigenvalue weighted by molar-refractivity contribution is -0.116. The largest absolute Gasteiger partial charge is 0.465 e. The standard InChI is InChI=1S/C22H27ClN2O3S2.ClH/c1-3-11-25-12-10-17-18(14-25)30-21(20(17)22(27)28-2)24-19(26)5-4-13-29-16-8-6-15(23)7-9-16;/h6-9H,3-5,10-14H2,1-2H3,(H,24,26);1H. The van der Waals surface area contributed by atoms with Crippen molar-refractivity contribution in [3.8, 4) is 0 Å². The van der Waals surface area contributed by atoms with Crippen LogP contribution in [0.5, 0.6) is 0 Å². The average molecular weight is 504 g/mol. The lowest BCUT2D eigenvalue weighted by Crippen LogP contribution is -2.30. The fourth-order valence-electron chi connectivity index (χ4n) is 3.51. The first-order valence-electron chi connectivity index (χ1n) is 10.1. The van der Waals surface area contributed by atoms with E-state index < -0.39 is 0 Å². The predicted molar refractivity (Wildman–Crippen MR) is 132 cm³/mol. The minimum absolute atomic E-state index is 0. The van der Waals surface area contributed by atoms with E-state index in [9.17, 15) is 9.59 Å². The van der Waals surface area contributed by atoms with Crippen molar-refractivity contribution >= 4 is 64.0 Å². The molecule has 0 bridgehead atoms. The number of amides is 1. The molecule has 3 rings (SSSR count). The van der Waals surface area contributed by atoms with E-state index in [1.165, 1.54) is 18.4 Å². The molecule has 170 valence electrons. The van der Waals surface area contributed by atoms with Crippen molar-refractivity contribution in [3.05, 3.63) is 45.3 Å². The topological polar surface area (TPSA) is 58.6 Å². The zero-order chi connectivity index (χ0) is 21.5. The maximum atomic E-state index is 12.5. The summed E-state index contributed by atoms with van der Waals surface area (Å²) >= 11 is 9.11. The SMILES string of the molecule is CCCN1CCc2c(sc(NC(=O)CCCSc3ccc(Cl)cc3)c2C(=O)OC)C1.Cl. The van der Waals surface area contributed by atoms with Gasteiger partial charge in [0.1, 0.15) is 5.00 Å². The highest BCUT2D eigenvalue weighted by molar-refractivity contribution is 7.99. The number of benzene rings is 1. The molecule has 2 aromatic rings. The summed E-state index contributed by atoms with van der Waals surface area (Å²) in [6, 6.07) is 7.69. The Morgan fingerprint density at radius 3 is 2.71 bits per heavy atom. The first-order valence-corrected chi connectivity index (χ1v) is 12.3. The maximum absolute atomic E-state index is 12.5. The summed E-state index contributed by atoms with van der Waals surface area (Å²) in [5.41, 5.74) is 1.57. The van der Waals surface area contributed by atoms with Gasteiger partial charge in [0.05, 0.1) is 12.7 Å². The molecule has 1 aromatic heterocycles. The highest BCUT2D eigenvalue weighted by atomic mass is 35.5. The van der Waals surface area contributed by atoms with E-state index in [0.29, 0.717) is 17.0 Å². The number of hydrogen-bond acceptors (Lipinski definition) is 6. The normalized spacial score (nSPS) is 13.3. The third kappa shape index (κ3) is 7.12. The second kappa shape index (κ2) is 12.7. The van der Waals surface area contributed by atoms with Crippen LogP contribution in [-0.2, 0) is 22.5 Å². The van der Waals surface area contributed by atoms with Gasteiger partial charge in [-0.15, -0.1) is 35.5 Å². The van der Waals surface area contributed by atoms with Crippen molar-refractivity contribution in [2.75, 3.05) is 31.3 Å². The molecule has 0 spiro atoms. The van der Waals surface area contributed by atoms with Crippen molar-refractivity contribution in [2.24, 2.45) is 0 Å². The van der Waals surface area contributed by atoms with E-state index in [4.69, 9.17) is 16.3 Å². The highest BCUT2D eigenvalue weighted by Gasteiger charge is 2.29. The van der Waals surface area contributed by atoms with Crippen molar-refractivity contribution in [2.45, 2.75) is 44.0 Å². The Morgan fingerprint density at radius 2 is 2.03 bits per heavy atom. The number of rotatable bonds is 9. The van der Waals surface area contributed by atoms with Crippen molar-refractivity contribution in [1.29, 1.82) is 0 Å². The van der Waals surface area contributed by atoms with Gasteiger partial charge in [0.2, 0.25) is 5.91 Å². The van der Waals surface area contributed by atoms with Crippen LogP contribution in [0.1, 0.15) is 47.0 Å². The molecule has 1 aliphatic rings. The van der Waals surface area contributed by atoms with Gasteiger partial charge < -0.3 is 10.1 Å². The second-order valence-corrected chi connectivity index (χ2v) is 9.89. The quantitative estimate of drug-likeness (QED) is 0.263. The summed E-state index contributed by atoms with van der Waals surface area (Å²) in [5, 5.41) is 4.31. The van der Waals surface area contributed by atoms with Crippen molar-refractivity contribution in [3.63, 3.8) is 0 Å². The molecule has 5 nitrogen and oxygen atoms in total. The number of methoxy groups -OCH3 is 1. The molecule has 1 amide bonds. The molecule has 0 atom stereocenters. The molecule has 1 aliphatic heterocycles. The lowest BCUT2D eigenvalue weighted by atomic mass is 10.0. The van der Waals surface area contributed by atoms with Crippen LogP contribution in [-0.4, -0.2) is 42.7 Å². The van der Waals surface area contributed by atoms with Crippen LogP contribution in [0.2, 0.25) is 5.02 Å². The molecule has 0 aliphatic carbocycles. The lowest BCUT2D eigenvalue weighted by Gasteiger charge is -2.26. The van der Waals surface area contributed by atoms with Crippen molar-refractivity contribution in [1.82, 2.24) is 4.90 Å². The number of hydrogen-bond donors (Lipinski definition) is 1. The molecular formula is C22H28Cl2N2O3S2. The van der Waals surface area contributed by atoms with Gasteiger partial charge in [0.25, 0.3) is 0 Å². The Kier molecular flexibility index (Phi) is 10.7. The second-order valence-electron chi connectivity index (χ2n) is 7.18. The minimum atomic E-state index is -0.370. The van der Waals surface area contributed by atoms with E-state index in [1.807, 2.05) is 24.3 Å². The zero-order valence-electron chi connectivity index (χ0n) is 17.7. The summed E-state index contributed by atoms with van der Waals surface area (Å²) in [7, 11) is 1.39. The zero-order valence-corrected chi connectivity index (χ0v) is 20.9. The Morgan fingerprint density at radius 1 is 1.29 bits per heavy atom. The number of thioether (sulfide) groups is 1. The van der Waals surface area contributed by atoms with E-state index in [2.05, 4.69) is 17.1 Å². The number of esters is 1. The number of fused-ring (bicyclic) bond motifs is 1. The molecular weight excluding hydrogens is 475 g/mol. The predicted octanol–water partition coefficient (Wildman–Crippen LogP) is 5.89. The molecule has 0 fully saturated rings. The number of thiophene rings is 1. The monoisotopic (exact) mass is 502 g/mol. The van der Waals surface area contributed by atoms with Crippen molar-refractivity contribution < 1.29 is 14.3 Å². The smallest absolute Gasteiger partial charge is 0.341 e. The van der Waals surface area contributed by atoms with E-state index in [0.717, 1.165) is 65.0 Å². The molecule has 0 radical (unpaired) electrons. The average Bonchev–Trinajstić information content (AvgIpc) is 3.09. The Hall–Kier alpha value is -1.25. The van der Waals surface area contributed by atoms with Crippen LogP contribution >= 0.6 is 47.1 Å². The molecule has 0 saturated carbocycles. The van der Waals surface area contributed by atoms with Gasteiger partial charge in [-0.3, -0.25) is 9.69 Å². The van der Waals surface area contributed by atoms with Gasteiger partial charge >= 0.3 is 5.97 Å². The number of nitrogens with zero attached hydrogens (tertiary/aromatic N) is 1.